The molecule has 1 unspecified atom stereocenters. The number of nitrogens with one attached hydrogen (secondary N) is 3. The maximum absolute atomic E-state index is 13.5. The first kappa shape index (κ1) is 21.6. The van der Waals surface area contributed by atoms with Gasteiger partial charge in [-0.15, -0.1) is 0 Å². The molecular weight excluding hydrogens is 435 g/mol. The van der Waals surface area contributed by atoms with Crippen LogP contribution >= 0.6 is 11.6 Å². The molecule has 32 heavy (non-hydrogen) atoms. The van der Waals surface area contributed by atoms with Gasteiger partial charge in [0.1, 0.15) is 11.4 Å². The van der Waals surface area contributed by atoms with Crippen LogP contribution in [0, 0.1) is 5.82 Å². The fourth-order valence-corrected chi connectivity index (χ4v) is 3.69. The SMILES string of the molecule is CC1(CCc2ccc(Cl)cc2)NC(=O)N(NC(=O)C=Cc2c[nH]c3ccc(F)cc23)C1=O. The van der Waals surface area contributed by atoms with Crippen molar-refractivity contribution >= 4 is 46.4 Å². The minimum Gasteiger partial charge on any atom is -0.361 e. The van der Waals surface area contributed by atoms with E-state index in [9.17, 15) is 18.8 Å². The summed E-state index contributed by atoms with van der Waals surface area (Å²) in [4.78, 5) is 40.5. The molecule has 2 heterocycles. The van der Waals surface area contributed by atoms with Crippen molar-refractivity contribution < 1.29 is 18.8 Å². The summed E-state index contributed by atoms with van der Waals surface area (Å²) in [6.07, 6.45) is 5.18. The Morgan fingerprint density at radius 3 is 2.72 bits per heavy atom. The molecule has 1 fully saturated rings. The summed E-state index contributed by atoms with van der Waals surface area (Å²) < 4.78 is 13.5. The summed E-state index contributed by atoms with van der Waals surface area (Å²) in [6.45, 7) is 1.62. The van der Waals surface area contributed by atoms with Gasteiger partial charge in [-0.2, -0.15) is 5.01 Å². The highest BCUT2D eigenvalue weighted by atomic mass is 35.5. The molecule has 0 radical (unpaired) electrons. The fourth-order valence-electron chi connectivity index (χ4n) is 3.57. The van der Waals surface area contributed by atoms with E-state index in [0.29, 0.717) is 33.8 Å². The first-order valence-electron chi connectivity index (χ1n) is 9.92. The Labute approximate surface area is 188 Å². The third kappa shape index (κ3) is 4.36. The Hall–Kier alpha value is -3.65. The molecule has 3 aromatic rings. The highest BCUT2D eigenvalue weighted by Gasteiger charge is 2.48. The van der Waals surface area contributed by atoms with Gasteiger partial charge in [0.15, 0.2) is 0 Å². The highest BCUT2D eigenvalue weighted by Crippen LogP contribution is 2.23. The predicted octanol–water partition coefficient (Wildman–Crippen LogP) is 3.95. The number of carbonyl (C=O) groups excluding carboxylic acids is 3. The molecule has 1 atom stereocenters. The monoisotopic (exact) mass is 454 g/mol. The van der Waals surface area contributed by atoms with Crippen molar-refractivity contribution in [2.75, 3.05) is 0 Å². The predicted molar refractivity (Wildman–Crippen MR) is 119 cm³/mol. The third-order valence-electron chi connectivity index (χ3n) is 5.40. The summed E-state index contributed by atoms with van der Waals surface area (Å²) in [6, 6.07) is 10.8. The number of urea groups is 1. The van der Waals surface area contributed by atoms with Crippen LogP contribution in [-0.2, 0) is 16.0 Å². The lowest BCUT2D eigenvalue weighted by Gasteiger charge is -2.21. The van der Waals surface area contributed by atoms with E-state index in [1.54, 1.807) is 31.3 Å². The Morgan fingerprint density at radius 2 is 1.97 bits per heavy atom. The zero-order valence-corrected chi connectivity index (χ0v) is 17.9. The maximum Gasteiger partial charge on any atom is 0.344 e. The number of halogens is 2. The molecule has 4 amide bonds. The number of benzene rings is 2. The largest absolute Gasteiger partial charge is 0.361 e. The van der Waals surface area contributed by atoms with E-state index in [2.05, 4.69) is 15.7 Å². The zero-order valence-electron chi connectivity index (χ0n) is 17.1. The molecule has 1 aliphatic heterocycles. The second-order valence-electron chi connectivity index (χ2n) is 7.77. The minimum atomic E-state index is -1.15. The molecule has 0 bridgehead atoms. The second kappa shape index (κ2) is 8.47. The molecule has 7 nitrogen and oxygen atoms in total. The summed E-state index contributed by atoms with van der Waals surface area (Å²) in [7, 11) is 0. The third-order valence-corrected chi connectivity index (χ3v) is 5.65. The number of hydrogen-bond acceptors (Lipinski definition) is 3. The standard InChI is InChI=1S/C23H20ClFN4O3/c1-23(11-10-14-2-5-16(24)6-3-14)21(31)29(22(32)27-23)28-20(30)9-4-15-13-26-19-8-7-17(25)12-18(15)19/h2-9,12-13,26H,10-11H2,1H3,(H,27,32)(H,28,30). The number of aryl methyl sites for hydroxylation is 1. The molecule has 1 aliphatic rings. The summed E-state index contributed by atoms with van der Waals surface area (Å²) in [5.74, 6) is -1.61. The van der Waals surface area contributed by atoms with Gasteiger partial charge in [-0.3, -0.25) is 15.0 Å². The van der Waals surface area contributed by atoms with Crippen molar-refractivity contribution in [1.82, 2.24) is 20.7 Å². The van der Waals surface area contributed by atoms with Crippen LogP contribution in [0.1, 0.15) is 24.5 Å². The summed E-state index contributed by atoms with van der Waals surface area (Å²) >= 11 is 5.89. The Bertz CT molecular complexity index is 1240. The Balaban J connectivity index is 1.41. The normalized spacial score (nSPS) is 18.5. The fraction of sp³-hybridized carbons (Fsp3) is 0.174. The van der Waals surface area contributed by atoms with Crippen molar-refractivity contribution in [2.45, 2.75) is 25.3 Å². The number of rotatable bonds is 6. The summed E-state index contributed by atoms with van der Waals surface area (Å²) in [5.41, 5.74) is 3.44. The van der Waals surface area contributed by atoms with Gasteiger partial charge in [-0.1, -0.05) is 23.7 Å². The molecule has 164 valence electrons. The summed E-state index contributed by atoms with van der Waals surface area (Å²) in [5, 5.41) is 4.55. The molecule has 1 aromatic heterocycles. The number of fused-ring (bicyclic) bond motifs is 1. The number of aromatic nitrogens is 1. The molecule has 9 heteroatoms. The zero-order chi connectivity index (χ0) is 22.9. The van der Waals surface area contributed by atoms with Crippen LogP contribution in [0.3, 0.4) is 0 Å². The number of nitrogens with zero attached hydrogens (tertiary/aromatic N) is 1. The average Bonchev–Trinajstić information content (AvgIpc) is 3.25. The van der Waals surface area contributed by atoms with E-state index in [-0.39, 0.29) is 0 Å². The van der Waals surface area contributed by atoms with Crippen molar-refractivity contribution in [3.05, 3.63) is 76.7 Å². The van der Waals surface area contributed by atoms with Gasteiger partial charge in [0, 0.05) is 33.8 Å². The van der Waals surface area contributed by atoms with Crippen molar-refractivity contribution in [3.8, 4) is 0 Å². The molecule has 1 saturated heterocycles. The van der Waals surface area contributed by atoms with E-state index >= 15 is 0 Å². The van der Waals surface area contributed by atoms with Crippen LogP contribution in [0.4, 0.5) is 9.18 Å². The number of amides is 4. The molecule has 0 spiro atoms. The topological polar surface area (TPSA) is 94.3 Å². The number of hydrogen-bond donors (Lipinski definition) is 3. The van der Waals surface area contributed by atoms with Gasteiger partial charge in [0.2, 0.25) is 0 Å². The van der Waals surface area contributed by atoms with E-state index in [0.717, 1.165) is 11.1 Å². The van der Waals surface area contributed by atoms with Gasteiger partial charge in [-0.05, 0) is 61.7 Å². The van der Waals surface area contributed by atoms with E-state index in [1.807, 2.05) is 12.1 Å². The molecule has 0 aliphatic carbocycles. The van der Waals surface area contributed by atoms with E-state index < -0.39 is 29.2 Å². The highest BCUT2D eigenvalue weighted by molar-refractivity contribution is 6.30. The van der Waals surface area contributed by atoms with E-state index in [1.165, 1.54) is 24.3 Å². The minimum absolute atomic E-state index is 0.350. The van der Waals surface area contributed by atoms with Crippen LogP contribution < -0.4 is 10.7 Å². The molecule has 0 saturated carbocycles. The van der Waals surface area contributed by atoms with Crippen molar-refractivity contribution in [2.24, 2.45) is 0 Å². The lowest BCUT2D eigenvalue weighted by atomic mass is 9.93. The first-order valence-corrected chi connectivity index (χ1v) is 10.3. The van der Waals surface area contributed by atoms with Crippen molar-refractivity contribution in [3.63, 3.8) is 0 Å². The number of aromatic amines is 1. The molecule has 2 aromatic carbocycles. The van der Waals surface area contributed by atoms with E-state index in [4.69, 9.17) is 11.6 Å². The van der Waals surface area contributed by atoms with Crippen LogP contribution in [0.2, 0.25) is 5.02 Å². The van der Waals surface area contributed by atoms with Crippen LogP contribution in [0.5, 0.6) is 0 Å². The number of imide groups is 1. The number of hydrazine groups is 1. The molecule has 4 rings (SSSR count). The van der Waals surface area contributed by atoms with Crippen LogP contribution in [0.25, 0.3) is 17.0 Å². The maximum atomic E-state index is 13.5. The Morgan fingerprint density at radius 1 is 1.22 bits per heavy atom. The number of H-pyrrole nitrogens is 1. The second-order valence-corrected chi connectivity index (χ2v) is 8.21. The van der Waals surface area contributed by atoms with Gasteiger partial charge in [0.25, 0.3) is 11.8 Å². The number of carbonyl (C=O) groups is 3. The molecular formula is C23H20ClFN4O3. The van der Waals surface area contributed by atoms with Gasteiger partial charge >= 0.3 is 6.03 Å². The van der Waals surface area contributed by atoms with Gasteiger partial charge in [-0.25, -0.2) is 9.18 Å². The van der Waals surface area contributed by atoms with Crippen LogP contribution in [-0.4, -0.2) is 33.4 Å². The average molecular weight is 455 g/mol. The van der Waals surface area contributed by atoms with Gasteiger partial charge in [0.05, 0.1) is 0 Å². The van der Waals surface area contributed by atoms with Crippen molar-refractivity contribution in [1.29, 1.82) is 0 Å². The van der Waals surface area contributed by atoms with Crippen LogP contribution in [0.15, 0.2) is 54.7 Å². The lowest BCUT2D eigenvalue weighted by molar-refractivity contribution is -0.137. The quantitative estimate of drug-likeness (QED) is 0.389. The first-order chi connectivity index (χ1) is 15.2. The molecule has 3 N–H and O–H groups in total. The lowest BCUT2D eigenvalue weighted by Crippen LogP contribution is -2.48. The Kier molecular flexibility index (Phi) is 5.71. The van der Waals surface area contributed by atoms with Gasteiger partial charge < -0.3 is 10.3 Å². The smallest absolute Gasteiger partial charge is 0.344 e.